The number of rotatable bonds is 9. The molecule has 1 unspecified atom stereocenters. The lowest BCUT2D eigenvalue weighted by molar-refractivity contribution is -0.139. The van der Waals surface area contributed by atoms with Crippen LogP contribution in [0.5, 0.6) is 0 Å². The topological polar surface area (TPSA) is 99.9 Å². The van der Waals surface area contributed by atoms with Gasteiger partial charge in [0.05, 0.1) is 61.8 Å². The van der Waals surface area contributed by atoms with Crippen LogP contribution in [0, 0.1) is 0 Å². The minimum Gasteiger partial charge on any atom is -0.466 e. The van der Waals surface area contributed by atoms with Crippen LogP contribution in [-0.2, 0) is 23.8 Å². The van der Waals surface area contributed by atoms with Gasteiger partial charge in [0.2, 0.25) is 0 Å². The Balaban J connectivity index is 2.71. The third-order valence-electron chi connectivity index (χ3n) is 4.37. The molecular weight excluding hydrogens is 399 g/mol. The number of dihydropyridines is 1. The quantitative estimate of drug-likeness (QED) is 0.461. The van der Waals surface area contributed by atoms with Crippen LogP contribution in [0.4, 0.5) is 3.89 Å². The average molecular weight is 424 g/mol. The lowest BCUT2D eigenvalue weighted by atomic mass is 9.80. The molecule has 1 aliphatic rings. The SMILES string of the molecule is CCOC(=O)C1=C(COCCN)NC(C)=C(C(=O)OC)C1c1ccccc1SF. The van der Waals surface area contributed by atoms with E-state index in [4.69, 9.17) is 19.9 Å². The molecule has 29 heavy (non-hydrogen) atoms. The van der Waals surface area contributed by atoms with E-state index in [2.05, 4.69) is 5.32 Å². The molecule has 2 rings (SSSR count). The van der Waals surface area contributed by atoms with Crippen LogP contribution in [0.1, 0.15) is 25.3 Å². The second kappa shape index (κ2) is 11.0. The molecule has 7 nitrogen and oxygen atoms in total. The molecule has 1 aromatic carbocycles. The highest BCUT2D eigenvalue weighted by Crippen LogP contribution is 2.43. The van der Waals surface area contributed by atoms with Crippen LogP contribution in [-0.4, -0.2) is 45.4 Å². The van der Waals surface area contributed by atoms with Crippen molar-refractivity contribution in [3.8, 4) is 0 Å². The Morgan fingerprint density at radius 2 is 1.97 bits per heavy atom. The highest BCUT2D eigenvalue weighted by molar-refractivity contribution is 7.94. The van der Waals surface area contributed by atoms with E-state index in [1.165, 1.54) is 7.11 Å². The van der Waals surface area contributed by atoms with Crippen LogP contribution >= 0.6 is 12.1 Å². The predicted molar refractivity (Wildman–Crippen MR) is 108 cm³/mol. The van der Waals surface area contributed by atoms with Gasteiger partial charge in [0.15, 0.2) is 0 Å². The number of nitrogens with two attached hydrogens (primary N) is 1. The van der Waals surface area contributed by atoms with E-state index in [1.54, 1.807) is 38.1 Å². The van der Waals surface area contributed by atoms with Crippen LogP contribution in [0.3, 0.4) is 0 Å². The van der Waals surface area contributed by atoms with Crippen molar-refractivity contribution < 1.29 is 27.7 Å². The van der Waals surface area contributed by atoms with Gasteiger partial charge in [-0.25, -0.2) is 9.59 Å². The Morgan fingerprint density at radius 1 is 1.24 bits per heavy atom. The Morgan fingerprint density at radius 3 is 2.59 bits per heavy atom. The number of allylic oxidation sites excluding steroid dienone is 1. The van der Waals surface area contributed by atoms with Crippen molar-refractivity contribution in [2.75, 3.05) is 33.5 Å². The van der Waals surface area contributed by atoms with Gasteiger partial charge in [-0.2, -0.15) is 3.89 Å². The van der Waals surface area contributed by atoms with Gasteiger partial charge in [-0.1, -0.05) is 18.2 Å². The number of nitrogens with one attached hydrogen (secondary N) is 1. The molecule has 1 aliphatic heterocycles. The summed E-state index contributed by atoms with van der Waals surface area (Å²) in [6.45, 7) is 4.17. The van der Waals surface area contributed by atoms with Gasteiger partial charge in [0, 0.05) is 17.1 Å². The molecule has 0 aromatic heterocycles. The molecule has 3 N–H and O–H groups in total. The first kappa shape index (κ1) is 22.9. The number of hydrogen-bond donors (Lipinski definition) is 2. The van der Waals surface area contributed by atoms with E-state index in [0.29, 0.717) is 23.5 Å². The van der Waals surface area contributed by atoms with E-state index in [-0.39, 0.29) is 48.0 Å². The molecule has 1 aromatic rings. The third kappa shape index (κ3) is 5.17. The van der Waals surface area contributed by atoms with Gasteiger partial charge < -0.3 is 25.3 Å². The summed E-state index contributed by atoms with van der Waals surface area (Å²) in [7, 11) is 1.25. The van der Waals surface area contributed by atoms with E-state index in [0.717, 1.165) is 0 Å². The molecule has 0 spiro atoms. The number of hydrogen-bond acceptors (Lipinski definition) is 8. The summed E-state index contributed by atoms with van der Waals surface area (Å²) in [5, 5.41) is 3.06. The number of benzene rings is 1. The first-order valence-electron chi connectivity index (χ1n) is 9.11. The number of ether oxygens (including phenoxy) is 3. The minimum absolute atomic E-state index is 0.0439. The smallest absolute Gasteiger partial charge is 0.336 e. The van der Waals surface area contributed by atoms with Gasteiger partial charge in [-0.05, 0) is 25.5 Å². The first-order chi connectivity index (χ1) is 14.0. The molecule has 0 bridgehead atoms. The van der Waals surface area contributed by atoms with Crippen LogP contribution in [0.2, 0.25) is 0 Å². The summed E-state index contributed by atoms with van der Waals surface area (Å²) in [6.07, 6.45) is 0. The van der Waals surface area contributed by atoms with E-state index >= 15 is 0 Å². The minimum atomic E-state index is -0.876. The van der Waals surface area contributed by atoms with Crippen molar-refractivity contribution in [2.24, 2.45) is 5.73 Å². The third-order valence-corrected chi connectivity index (χ3v) is 4.91. The zero-order chi connectivity index (χ0) is 21.4. The molecule has 1 heterocycles. The van der Waals surface area contributed by atoms with Crippen LogP contribution in [0.25, 0.3) is 0 Å². The van der Waals surface area contributed by atoms with E-state index in [1.807, 2.05) is 0 Å². The molecule has 1 atom stereocenters. The Labute approximate surface area is 173 Å². The van der Waals surface area contributed by atoms with Gasteiger partial charge >= 0.3 is 11.9 Å². The fourth-order valence-corrected chi connectivity index (χ4v) is 3.60. The Kier molecular flexibility index (Phi) is 8.69. The van der Waals surface area contributed by atoms with Gasteiger partial charge in [0.1, 0.15) is 0 Å². The van der Waals surface area contributed by atoms with Gasteiger partial charge in [-0.15, -0.1) is 0 Å². The van der Waals surface area contributed by atoms with Crippen molar-refractivity contribution in [1.29, 1.82) is 0 Å². The van der Waals surface area contributed by atoms with Crippen molar-refractivity contribution in [3.63, 3.8) is 0 Å². The van der Waals surface area contributed by atoms with Gasteiger partial charge in [-0.3, -0.25) is 0 Å². The zero-order valence-corrected chi connectivity index (χ0v) is 17.4. The zero-order valence-electron chi connectivity index (χ0n) is 16.6. The molecule has 9 heteroatoms. The van der Waals surface area contributed by atoms with Gasteiger partial charge in [0.25, 0.3) is 0 Å². The van der Waals surface area contributed by atoms with Crippen molar-refractivity contribution >= 4 is 24.1 Å². The lowest BCUT2D eigenvalue weighted by Gasteiger charge is -2.31. The summed E-state index contributed by atoms with van der Waals surface area (Å²) < 4.78 is 29.4. The maximum absolute atomic E-state index is 13.7. The van der Waals surface area contributed by atoms with Crippen molar-refractivity contribution in [1.82, 2.24) is 5.32 Å². The highest BCUT2D eigenvalue weighted by Gasteiger charge is 2.39. The summed E-state index contributed by atoms with van der Waals surface area (Å²) in [6, 6.07) is 6.65. The normalized spacial score (nSPS) is 16.5. The molecule has 0 saturated carbocycles. The molecule has 0 amide bonds. The Hall–Kier alpha value is -2.36. The largest absolute Gasteiger partial charge is 0.466 e. The maximum atomic E-state index is 13.7. The number of carbonyl (C=O) groups is 2. The summed E-state index contributed by atoms with van der Waals surface area (Å²) in [4.78, 5) is 25.8. The summed E-state index contributed by atoms with van der Waals surface area (Å²) >= 11 is 0.0439. The number of halogens is 1. The summed E-state index contributed by atoms with van der Waals surface area (Å²) in [5.41, 5.74) is 7.25. The molecule has 0 fully saturated rings. The second-order valence-corrected chi connectivity index (χ2v) is 6.75. The number of methoxy groups -OCH3 is 1. The first-order valence-corrected chi connectivity index (χ1v) is 9.83. The van der Waals surface area contributed by atoms with Crippen molar-refractivity contribution in [3.05, 3.63) is 52.4 Å². The van der Waals surface area contributed by atoms with Crippen molar-refractivity contribution in [2.45, 2.75) is 24.7 Å². The second-order valence-electron chi connectivity index (χ2n) is 6.16. The molecular formula is C20H25FN2O5S. The van der Waals surface area contributed by atoms with E-state index in [9.17, 15) is 13.5 Å². The molecule has 0 aliphatic carbocycles. The standard InChI is InChI=1S/C20H25FN2O5S/c1-4-28-20(25)18-14(11-27-10-9-22)23-12(2)16(19(24)26-3)17(18)13-7-5-6-8-15(13)29-21/h5-8,17,23H,4,9-11,22H2,1-3H3. The predicted octanol–water partition coefficient (Wildman–Crippen LogP) is 2.59. The van der Waals surface area contributed by atoms with Crippen LogP contribution in [0.15, 0.2) is 51.7 Å². The van der Waals surface area contributed by atoms with E-state index < -0.39 is 17.9 Å². The number of carbonyl (C=O) groups excluding carboxylic acids is 2. The monoisotopic (exact) mass is 424 g/mol. The molecule has 0 radical (unpaired) electrons. The molecule has 158 valence electrons. The average Bonchev–Trinajstić information content (AvgIpc) is 2.73. The summed E-state index contributed by atoms with van der Waals surface area (Å²) in [5.74, 6) is -2.12. The lowest BCUT2D eigenvalue weighted by Crippen LogP contribution is -2.35. The maximum Gasteiger partial charge on any atom is 0.336 e. The number of esters is 2. The Bertz CT molecular complexity index is 825. The fraction of sp³-hybridized carbons (Fsp3) is 0.400. The van der Waals surface area contributed by atoms with Crippen LogP contribution < -0.4 is 11.1 Å². The fourth-order valence-electron chi connectivity index (χ4n) is 3.20. The highest BCUT2D eigenvalue weighted by atomic mass is 32.2. The molecule has 0 saturated heterocycles.